The fourth-order valence-corrected chi connectivity index (χ4v) is 1.75. The Balaban J connectivity index is 1.92. The van der Waals surface area contributed by atoms with Crippen molar-refractivity contribution in [2.24, 2.45) is 7.05 Å². The van der Waals surface area contributed by atoms with Gasteiger partial charge in [-0.15, -0.1) is 0 Å². The van der Waals surface area contributed by atoms with E-state index in [1.54, 1.807) is 25.4 Å². The summed E-state index contributed by atoms with van der Waals surface area (Å²) >= 11 is 0. The summed E-state index contributed by atoms with van der Waals surface area (Å²) < 4.78 is 6.47. The monoisotopic (exact) mass is 272 g/mol. The van der Waals surface area contributed by atoms with Gasteiger partial charge in [-0.2, -0.15) is 5.10 Å². The third kappa shape index (κ3) is 3.32. The summed E-state index contributed by atoms with van der Waals surface area (Å²) in [5.41, 5.74) is 2.04. The molecule has 104 valence electrons. The highest BCUT2D eigenvalue weighted by molar-refractivity contribution is 5.99. The Morgan fingerprint density at radius 2 is 1.90 bits per heavy atom. The fraction of sp³-hybridized carbons (Fsp3) is 0.267. The molecule has 1 aromatic carbocycles. The Morgan fingerprint density at radius 1 is 1.20 bits per heavy atom. The third-order valence-electron chi connectivity index (χ3n) is 2.96. The molecule has 0 radical (unpaired) electrons. The first-order chi connectivity index (χ1) is 9.60. The molecular formula is C15H16N2O3. The summed E-state index contributed by atoms with van der Waals surface area (Å²) in [5.74, 6) is -0.762. The van der Waals surface area contributed by atoms with Crippen LogP contribution in [0, 0.1) is 0 Å². The van der Waals surface area contributed by atoms with E-state index in [2.05, 4.69) is 5.10 Å². The number of aromatic nitrogens is 2. The van der Waals surface area contributed by atoms with Crippen LogP contribution in [-0.2, 0) is 18.2 Å². The van der Waals surface area contributed by atoms with Gasteiger partial charge in [0.2, 0.25) is 0 Å². The predicted octanol–water partition coefficient (Wildman–Crippen LogP) is 2.02. The molecule has 0 aliphatic rings. The van der Waals surface area contributed by atoms with Crippen LogP contribution < -0.4 is 0 Å². The summed E-state index contributed by atoms with van der Waals surface area (Å²) in [5, 5.41) is 3.87. The van der Waals surface area contributed by atoms with E-state index in [0.29, 0.717) is 11.1 Å². The summed E-state index contributed by atoms with van der Waals surface area (Å²) in [4.78, 5) is 23.6. The molecule has 1 heterocycles. The molecule has 0 aliphatic heterocycles. The molecule has 0 saturated heterocycles. The Bertz CT molecular complexity index is 614. The van der Waals surface area contributed by atoms with Crippen LogP contribution in [0.5, 0.6) is 0 Å². The summed E-state index contributed by atoms with van der Waals surface area (Å²) in [6, 6.07) is 7.30. The lowest BCUT2D eigenvalue weighted by Gasteiger charge is -2.04. The molecule has 0 N–H and O–H groups in total. The van der Waals surface area contributed by atoms with Crippen molar-refractivity contribution in [2.75, 3.05) is 6.61 Å². The van der Waals surface area contributed by atoms with E-state index in [-0.39, 0.29) is 12.4 Å². The quantitative estimate of drug-likeness (QED) is 0.617. The number of esters is 1. The molecule has 0 unspecified atom stereocenters. The smallest absolute Gasteiger partial charge is 0.341 e. The van der Waals surface area contributed by atoms with E-state index in [1.807, 2.05) is 19.1 Å². The maximum absolute atomic E-state index is 11.9. The van der Waals surface area contributed by atoms with E-state index in [0.717, 1.165) is 12.0 Å². The van der Waals surface area contributed by atoms with Crippen molar-refractivity contribution in [1.29, 1.82) is 0 Å². The van der Waals surface area contributed by atoms with Crippen molar-refractivity contribution in [2.45, 2.75) is 13.3 Å². The highest BCUT2D eigenvalue weighted by Crippen LogP contribution is 2.07. The van der Waals surface area contributed by atoms with E-state index in [9.17, 15) is 9.59 Å². The molecule has 20 heavy (non-hydrogen) atoms. The van der Waals surface area contributed by atoms with Crippen molar-refractivity contribution in [3.05, 3.63) is 53.3 Å². The normalized spacial score (nSPS) is 10.3. The van der Waals surface area contributed by atoms with E-state index in [1.165, 1.54) is 10.9 Å². The number of benzene rings is 1. The Labute approximate surface area is 117 Å². The number of ether oxygens (including phenoxy) is 1. The van der Waals surface area contributed by atoms with Gasteiger partial charge in [-0.25, -0.2) is 4.79 Å². The lowest BCUT2D eigenvalue weighted by Crippen LogP contribution is -2.14. The van der Waals surface area contributed by atoms with E-state index < -0.39 is 5.97 Å². The molecule has 2 rings (SSSR count). The molecule has 2 aromatic rings. The number of nitrogens with zero attached hydrogens (tertiary/aromatic N) is 2. The highest BCUT2D eigenvalue weighted by Gasteiger charge is 2.13. The molecule has 0 spiro atoms. The van der Waals surface area contributed by atoms with E-state index in [4.69, 9.17) is 4.74 Å². The maximum Gasteiger partial charge on any atom is 0.341 e. The summed E-state index contributed by atoms with van der Waals surface area (Å²) in [6.07, 6.45) is 3.87. The minimum absolute atomic E-state index is 0.218. The zero-order valence-electron chi connectivity index (χ0n) is 11.5. The van der Waals surface area contributed by atoms with Gasteiger partial charge < -0.3 is 4.74 Å². The zero-order valence-corrected chi connectivity index (χ0v) is 11.5. The van der Waals surface area contributed by atoms with Crippen molar-refractivity contribution in [3.63, 3.8) is 0 Å². The zero-order chi connectivity index (χ0) is 14.5. The molecule has 5 heteroatoms. The van der Waals surface area contributed by atoms with Gasteiger partial charge in [-0.05, 0) is 12.0 Å². The number of Topliss-reactive ketones (excluding diaryl/α,β-unsaturated/α-hetero) is 1. The molecule has 0 saturated carbocycles. The molecule has 0 amide bonds. The molecule has 0 bridgehead atoms. The highest BCUT2D eigenvalue weighted by atomic mass is 16.5. The fourth-order valence-electron chi connectivity index (χ4n) is 1.75. The average molecular weight is 272 g/mol. The second-order valence-corrected chi connectivity index (χ2v) is 4.45. The van der Waals surface area contributed by atoms with Crippen LogP contribution in [-0.4, -0.2) is 28.1 Å². The Morgan fingerprint density at radius 3 is 2.45 bits per heavy atom. The maximum atomic E-state index is 11.9. The molecule has 0 aliphatic carbocycles. The number of hydrogen-bond acceptors (Lipinski definition) is 4. The van der Waals surface area contributed by atoms with Crippen LogP contribution in [0.1, 0.15) is 33.2 Å². The third-order valence-corrected chi connectivity index (χ3v) is 2.96. The van der Waals surface area contributed by atoms with Gasteiger partial charge >= 0.3 is 5.97 Å². The molecule has 5 nitrogen and oxygen atoms in total. The van der Waals surface area contributed by atoms with Gasteiger partial charge in [0.25, 0.3) is 0 Å². The number of aryl methyl sites for hydroxylation is 2. The first kappa shape index (κ1) is 14.0. The lowest BCUT2D eigenvalue weighted by atomic mass is 10.1. The largest absolute Gasteiger partial charge is 0.454 e. The van der Waals surface area contributed by atoms with Gasteiger partial charge in [0, 0.05) is 18.8 Å². The van der Waals surface area contributed by atoms with Crippen LogP contribution >= 0.6 is 0 Å². The van der Waals surface area contributed by atoms with Crippen molar-refractivity contribution >= 4 is 11.8 Å². The summed E-state index contributed by atoms with van der Waals surface area (Å²) in [6.45, 7) is 1.78. The second-order valence-electron chi connectivity index (χ2n) is 4.45. The van der Waals surface area contributed by atoms with Gasteiger partial charge in [0.05, 0.1) is 11.8 Å². The van der Waals surface area contributed by atoms with Crippen molar-refractivity contribution < 1.29 is 14.3 Å². The van der Waals surface area contributed by atoms with Crippen LogP contribution in [0.2, 0.25) is 0 Å². The number of rotatable bonds is 5. The van der Waals surface area contributed by atoms with Crippen molar-refractivity contribution in [1.82, 2.24) is 9.78 Å². The first-order valence-electron chi connectivity index (χ1n) is 6.38. The minimum atomic E-state index is -0.545. The number of ketones is 1. The van der Waals surface area contributed by atoms with Gasteiger partial charge in [0.1, 0.15) is 0 Å². The van der Waals surface area contributed by atoms with Gasteiger partial charge in [-0.1, -0.05) is 31.2 Å². The molecule has 0 atom stereocenters. The van der Waals surface area contributed by atoms with Gasteiger partial charge in [0.15, 0.2) is 12.4 Å². The molecular weight excluding hydrogens is 256 g/mol. The predicted molar refractivity (Wildman–Crippen MR) is 73.6 cm³/mol. The minimum Gasteiger partial charge on any atom is -0.454 e. The van der Waals surface area contributed by atoms with E-state index >= 15 is 0 Å². The first-order valence-corrected chi connectivity index (χ1v) is 6.38. The van der Waals surface area contributed by atoms with Crippen LogP contribution in [0.25, 0.3) is 0 Å². The SMILES string of the molecule is CCc1ccc(C(=O)COC(=O)c2cnn(C)c2)cc1. The molecule has 1 aromatic heterocycles. The van der Waals surface area contributed by atoms with Crippen LogP contribution in [0.4, 0.5) is 0 Å². The Hall–Kier alpha value is -2.43. The van der Waals surface area contributed by atoms with Crippen molar-refractivity contribution in [3.8, 4) is 0 Å². The number of carbonyl (C=O) groups is 2. The second kappa shape index (κ2) is 6.14. The van der Waals surface area contributed by atoms with Crippen LogP contribution in [0.15, 0.2) is 36.7 Å². The number of hydrogen-bond donors (Lipinski definition) is 0. The standard InChI is InChI=1S/C15H16N2O3/c1-3-11-4-6-12(7-5-11)14(18)10-20-15(19)13-8-16-17(2)9-13/h4-9H,3,10H2,1-2H3. The lowest BCUT2D eigenvalue weighted by molar-refractivity contribution is 0.0474. The molecule has 0 fully saturated rings. The topological polar surface area (TPSA) is 61.2 Å². The number of carbonyl (C=O) groups excluding carboxylic acids is 2. The Kier molecular flexibility index (Phi) is 4.30. The average Bonchev–Trinajstić information content (AvgIpc) is 2.91. The van der Waals surface area contributed by atoms with Crippen LogP contribution in [0.3, 0.4) is 0 Å². The summed E-state index contributed by atoms with van der Waals surface area (Å²) in [7, 11) is 1.71. The van der Waals surface area contributed by atoms with Gasteiger partial charge in [-0.3, -0.25) is 9.48 Å².